The predicted octanol–water partition coefficient (Wildman–Crippen LogP) is 4.11. The van der Waals surface area contributed by atoms with Gasteiger partial charge in [0.1, 0.15) is 5.82 Å². The zero-order valence-electron chi connectivity index (χ0n) is 8.92. The minimum Gasteiger partial charge on any atom is -0.207 e. The molecule has 2 aromatic rings. The first-order chi connectivity index (χ1) is 7.18. The molecule has 0 unspecified atom stereocenters. The maximum atomic E-state index is 13.3. The van der Waals surface area contributed by atoms with Crippen molar-refractivity contribution in [3.8, 4) is 11.1 Å². The molecule has 15 heavy (non-hydrogen) atoms. The van der Waals surface area contributed by atoms with Crippen LogP contribution in [0, 0.1) is 19.7 Å². The van der Waals surface area contributed by atoms with Gasteiger partial charge >= 0.3 is 0 Å². The van der Waals surface area contributed by atoms with Gasteiger partial charge in [0.25, 0.3) is 0 Å². The Kier molecular flexibility index (Phi) is 2.55. The van der Waals surface area contributed by atoms with Crippen molar-refractivity contribution in [2.45, 2.75) is 13.8 Å². The van der Waals surface area contributed by atoms with Crippen molar-refractivity contribution in [1.82, 2.24) is 0 Å². The van der Waals surface area contributed by atoms with E-state index in [4.69, 9.17) is 0 Å². The van der Waals surface area contributed by atoms with Crippen molar-refractivity contribution in [3.63, 3.8) is 0 Å². The molecule has 2 aromatic carbocycles. The Morgan fingerprint density at radius 3 is 2.20 bits per heavy atom. The molecule has 0 bridgehead atoms. The third kappa shape index (κ3) is 1.91. The van der Waals surface area contributed by atoms with Gasteiger partial charge in [0.15, 0.2) is 0 Å². The Labute approximate surface area is 89.4 Å². The lowest BCUT2D eigenvalue weighted by Crippen LogP contribution is -1.89. The third-order valence-electron chi connectivity index (χ3n) is 2.59. The van der Waals surface area contributed by atoms with Crippen molar-refractivity contribution < 1.29 is 4.39 Å². The lowest BCUT2D eigenvalue weighted by Gasteiger charge is -2.08. The smallest absolute Gasteiger partial charge is 0.126 e. The highest BCUT2D eigenvalue weighted by Crippen LogP contribution is 2.25. The lowest BCUT2D eigenvalue weighted by molar-refractivity contribution is 0.617. The number of benzene rings is 2. The summed E-state index contributed by atoms with van der Waals surface area (Å²) in [5, 5.41) is 0. The molecule has 0 aliphatic rings. The fourth-order valence-electron chi connectivity index (χ4n) is 1.71. The molecule has 0 atom stereocenters. The summed E-state index contributed by atoms with van der Waals surface area (Å²) in [5.74, 6) is -0.132. The van der Waals surface area contributed by atoms with Crippen LogP contribution in [-0.4, -0.2) is 0 Å². The molecule has 0 aliphatic carbocycles. The van der Waals surface area contributed by atoms with E-state index in [1.807, 2.05) is 43.3 Å². The van der Waals surface area contributed by atoms with Crippen molar-refractivity contribution in [2.24, 2.45) is 0 Å². The van der Waals surface area contributed by atoms with E-state index in [9.17, 15) is 4.39 Å². The summed E-state index contributed by atoms with van der Waals surface area (Å²) in [6.07, 6.45) is 0. The fraction of sp³-hybridized carbons (Fsp3) is 0.143. The summed E-state index contributed by atoms with van der Waals surface area (Å²) >= 11 is 0. The molecular formula is C14H13F. The second-order valence-corrected chi connectivity index (χ2v) is 3.78. The molecule has 0 saturated carbocycles. The first-order valence-electron chi connectivity index (χ1n) is 5.00. The van der Waals surface area contributed by atoms with E-state index in [0.717, 1.165) is 16.7 Å². The van der Waals surface area contributed by atoms with E-state index in [1.165, 1.54) is 0 Å². The Balaban J connectivity index is 2.59. The SMILES string of the molecule is Cc1cc(-c2ccccc2)c(C)cc1F. The van der Waals surface area contributed by atoms with Gasteiger partial charge < -0.3 is 0 Å². The lowest BCUT2D eigenvalue weighted by atomic mass is 9.98. The normalized spacial score (nSPS) is 10.3. The second-order valence-electron chi connectivity index (χ2n) is 3.78. The van der Waals surface area contributed by atoms with Gasteiger partial charge in [-0.25, -0.2) is 4.39 Å². The predicted molar refractivity (Wildman–Crippen MR) is 61.3 cm³/mol. The van der Waals surface area contributed by atoms with Crippen molar-refractivity contribution >= 4 is 0 Å². The summed E-state index contributed by atoms with van der Waals surface area (Å²) < 4.78 is 13.3. The molecule has 0 spiro atoms. The molecule has 2 rings (SSSR count). The van der Waals surface area contributed by atoms with Crippen LogP contribution in [0.15, 0.2) is 42.5 Å². The molecular weight excluding hydrogens is 187 g/mol. The average Bonchev–Trinajstić information content (AvgIpc) is 2.25. The molecule has 1 heteroatoms. The summed E-state index contributed by atoms with van der Waals surface area (Å²) in [6, 6.07) is 13.5. The Bertz CT molecular complexity index is 472. The van der Waals surface area contributed by atoms with Gasteiger partial charge in [-0.3, -0.25) is 0 Å². The Morgan fingerprint density at radius 2 is 1.53 bits per heavy atom. The molecule has 0 fully saturated rings. The van der Waals surface area contributed by atoms with Crippen LogP contribution in [0.2, 0.25) is 0 Å². The van der Waals surface area contributed by atoms with Crippen LogP contribution >= 0.6 is 0 Å². The highest BCUT2D eigenvalue weighted by atomic mass is 19.1. The second kappa shape index (κ2) is 3.85. The molecule has 0 radical (unpaired) electrons. The number of aryl methyl sites for hydroxylation is 2. The van der Waals surface area contributed by atoms with Crippen LogP contribution in [0.1, 0.15) is 11.1 Å². The van der Waals surface area contributed by atoms with E-state index in [1.54, 1.807) is 13.0 Å². The summed E-state index contributed by atoms with van der Waals surface area (Å²) in [7, 11) is 0. The van der Waals surface area contributed by atoms with Crippen molar-refractivity contribution in [1.29, 1.82) is 0 Å². The fourth-order valence-corrected chi connectivity index (χ4v) is 1.71. The Morgan fingerprint density at radius 1 is 0.867 bits per heavy atom. The first-order valence-corrected chi connectivity index (χ1v) is 5.00. The standard InChI is InChI=1S/C14H13F/c1-10-9-14(15)11(2)8-13(10)12-6-4-3-5-7-12/h3-9H,1-2H3. The van der Waals surface area contributed by atoms with E-state index in [-0.39, 0.29) is 5.82 Å². The van der Waals surface area contributed by atoms with Crippen LogP contribution in [0.3, 0.4) is 0 Å². The summed E-state index contributed by atoms with van der Waals surface area (Å²) in [5.41, 5.74) is 3.91. The molecule has 0 aliphatic heterocycles. The molecule has 76 valence electrons. The zero-order valence-corrected chi connectivity index (χ0v) is 8.92. The number of rotatable bonds is 1. The molecule has 0 aromatic heterocycles. The third-order valence-corrected chi connectivity index (χ3v) is 2.59. The van der Waals surface area contributed by atoms with Gasteiger partial charge in [0.2, 0.25) is 0 Å². The maximum absolute atomic E-state index is 13.3. The van der Waals surface area contributed by atoms with E-state index in [2.05, 4.69) is 0 Å². The van der Waals surface area contributed by atoms with Gasteiger partial charge in [-0.1, -0.05) is 30.3 Å². The van der Waals surface area contributed by atoms with E-state index < -0.39 is 0 Å². The van der Waals surface area contributed by atoms with Crippen LogP contribution in [0.4, 0.5) is 4.39 Å². The first kappa shape index (κ1) is 9.91. The van der Waals surface area contributed by atoms with Gasteiger partial charge in [-0.05, 0) is 48.2 Å². The molecule has 0 nitrogen and oxygen atoms in total. The van der Waals surface area contributed by atoms with Gasteiger partial charge in [-0.15, -0.1) is 0 Å². The van der Waals surface area contributed by atoms with Crippen LogP contribution < -0.4 is 0 Å². The quantitative estimate of drug-likeness (QED) is 0.649. The molecule has 0 amide bonds. The topological polar surface area (TPSA) is 0 Å². The zero-order chi connectivity index (χ0) is 10.8. The van der Waals surface area contributed by atoms with E-state index in [0.29, 0.717) is 5.56 Å². The van der Waals surface area contributed by atoms with Crippen LogP contribution in [0.25, 0.3) is 11.1 Å². The average molecular weight is 200 g/mol. The van der Waals surface area contributed by atoms with E-state index >= 15 is 0 Å². The maximum Gasteiger partial charge on any atom is 0.126 e. The number of hydrogen-bond acceptors (Lipinski definition) is 0. The molecule has 0 heterocycles. The minimum atomic E-state index is -0.132. The highest BCUT2D eigenvalue weighted by molar-refractivity contribution is 5.67. The number of hydrogen-bond donors (Lipinski definition) is 0. The highest BCUT2D eigenvalue weighted by Gasteiger charge is 2.05. The number of halogens is 1. The Hall–Kier alpha value is -1.63. The monoisotopic (exact) mass is 200 g/mol. The van der Waals surface area contributed by atoms with Crippen molar-refractivity contribution in [2.75, 3.05) is 0 Å². The summed E-state index contributed by atoms with van der Waals surface area (Å²) in [4.78, 5) is 0. The minimum absolute atomic E-state index is 0.132. The molecule has 0 saturated heterocycles. The van der Waals surface area contributed by atoms with Crippen molar-refractivity contribution in [3.05, 3.63) is 59.4 Å². The van der Waals surface area contributed by atoms with Gasteiger partial charge in [0.05, 0.1) is 0 Å². The largest absolute Gasteiger partial charge is 0.207 e. The summed E-state index contributed by atoms with van der Waals surface area (Å²) in [6.45, 7) is 3.73. The van der Waals surface area contributed by atoms with Gasteiger partial charge in [-0.2, -0.15) is 0 Å². The van der Waals surface area contributed by atoms with Crippen LogP contribution in [-0.2, 0) is 0 Å². The van der Waals surface area contributed by atoms with Gasteiger partial charge in [0, 0.05) is 0 Å². The molecule has 0 N–H and O–H groups in total. The van der Waals surface area contributed by atoms with Crippen LogP contribution in [0.5, 0.6) is 0 Å².